The molecule has 7 aromatic rings. The molecule has 1 aliphatic carbocycles. The fourth-order valence-corrected chi connectivity index (χ4v) is 10.1. The Kier molecular flexibility index (Phi) is 7.72. The summed E-state index contributed by atoms with van der Waals surface area (Å²) < 4.78 is 0. The molecule has 2 heterocycles. The van der Waals surface area contributed by atoms with Crippen molar-refractivity contribution in [2.45, 2.75) is 76.7 Å². The van der Waals surface area contributed by atoms with Crippen molar-refractivity contribution in [1.82, 2.24) is 0 Å². The zero-order valence-corrected chi connectivity index (χ0v) is 32.7. The lowest BCUT2D eigenvalue weighted by Crippen LogP contribution is -2.57. The van der Waals surface area contributed by atoms with Gasteiger partial charge in [0.05, 0.1) is 5.54 Å². The quantitative estimate of drug-likeness (QED) is 0.179. The second-order valence-electron chi connectivity index (χ2n) is 17.6. The van der Waals surface area contributed by atoms with Crippen LogP contribution in [-0.4, -0.2) is 12.8 Å². The summed E-state index contributed by atoms with van der Waals surface area (Å²) in [5.41, 5.74) is 18.0. The molecule has 1 N–H and O–H groups in total. The summed E-state index contributed by atoms with van der Waals surface area (Å²) in [7, 11) is 2.54. The Morgan fingerprint density at radius 1 is 0.600 bits per heavy atom. The molecular formula is C52H48BN2. The third-order valence-corrected chi connectivity index (χ3v) is 13.4. The van der Waals surface area contributed by atoms with Crippen molar-refractivity contribution in [1.29, 1.82) is 0 Å². The van der Waals surface area contributed by atoms with Crippen LogP contribution in [0.5, 0.6) is 0 Å². The fraction of sp³-hybridized carbons (Fsp3) is 0.231. The Balaban J connectivity index is 1.21. The van der Waals surface area contributed by atoms with Gasteiger partial charge in [0, 0.05) is 39.1 Å². The molecule has 0 bridgehead atoms. The second kappa shape index (κ2) is 12.5. The van der Waals surface area contributed by atoms with Gasteiger partial charge in [-0.25, -0.2) is 0 Å². The average Bonchev–Trinajstić information content (AvgIpc) is 3.42. The third kappa shape index (κ3) is 5.30. The Bertz CT molecular complexity index is 2600. The van der Waals surface area contributed by atoms with E-state index in [0.29, 0.717) is 0 Å². The molecule has 0 amide bonds. The molecular weight excluding hydrogens is 663 g/mol. The summed E-state index contributed by atoms with van der Waals surface area (Å²) in [6.07, 6.45) is 4.92. The highest BCUT2D eigenvalue weighted by atomic mass is 15.3. The van der Waals surface area contributed by atoms with E-state index in [1.807, 2.05) is 0 Å². The van der Waals surface area contributed by atoms with Crippen molar-refractivity contribution in [2.75, 3.05) is 10.2 Å². The van der Waals surface area contributed by atoms with Crippen LogP contribution >= 0.6 is 0 Å². The van der Waals surface area contributed by atoms with E-state index in [-0.39, 0.29) is 16.4 Å². The minimum atomic E-state index is -0.0449. The van der Waals surface area contributed by atoms with Crippen LogP contribution < -0.4 is 21.1 Å². The van der Waals surface area contributed by atoms with Crippen LogP contribution in [0, 0.1) is 0 Å². The largest absolute Gasteiger partial charge is 0.355 e. The number of rotatable bonds is 5. The van der Waals surface area contributed by atoms with Crippen LogP contribution in [0.15, 0.2) is 146 Å². The van der Waals surface area contributed by atoms with Crippen molar-refractivity contribution >= 4 is 51.7 Å². The smallest absolute Gasteiger partial charge is 0.197 e. The number of fused-ring (bicyclic) bond motifs is 7. The van der Waals surface area contributed by atoms with Gasteiger partial charge in [0.1, 0.15) is 0 Å². The van der Waals surface area contributed by atoms with Gasteiger partial charge < -0.3 is 10.2 Å². The van der Waals surface area contributed by atoms with Gasteiger partial charge in [0.2, 0.25) is 0 Å². The number of anilines is 4. The number of nitrogens with one attached hydrogen (secondary N) is 1. The molecule has 0 spiro atoms. The minimum absolute atomic E-state index is 0.0396. The lowest BCUT2D eigenvalue weighted by molar-refractivity contribution is 0.195. The van der Waals surface area contributed by atoms with E-state index in [1.54, 1.807) is 5.56 Å². The molecule has 1 saturated carbocycles. The van der Waals surface area contributed by atoms with Crippen LogP contribution in [-0.2, 0) is 10.8 Å². The molecule has 10 rings (SSSR count). The van der Waals surface area contributed by atoms with Gasteiger partial charge in [0.15, 0.2) is 7.28 Å². The Labute approximate surface area is 327 Å². The van der Waals surface area contributed by atoms with E-state index in [9.17, 15) is 0 Å². The van der Waals surface area contributed by atoms with E-state index in [2.05, 4.69) is 198 Å². The molecule has 2 unspecified atom stereocenters. The maximum atomic E-state index is 3.90. The summed E-state index contributed by atoms with van der Waals surface area (Å²) in [5.74, 6) is 0. The summed E-state index contributed by atoms with van der Waals surface area (Å²) >= 11 is 0. The first-order chi connectivity index (χ1) is 26.6. The topological polar surface area (TPSA) is 15.3 Å². The van der Waals surface area contributed by atoms with E-state index in [0.717, 1.165) is 11.4 Å². The van der Waals surface area contributed by atoms with E-state index in [4.69, 9.17) is 0 Å². The van der Waals surface area contributed by atoms with Crippen molar-refractivity contribution in [3.05, 3.63) is 157 Å². The van der Waals surface area contributed by atoms with Gasteiger partial charge >= 0.3 is 0 Å². The van der Waals surface area contributed by atoms with Crippen LogP contribution in [0.1, 0.15) is 71.4 Å². The molecule has 0 aromatic heterocycles. The number of hydrogen-bond donors (Lipinski definition) is 1. The lowest BCUT2D eigenvalue weighted by atomic mass is 9.56. The first kappa shape index (κ1) is 34.0. The van der Waals surface area contributed by atoms with Crippen molar-refractivity contribution in [2.24, 2.45) is 0 Å². The molecule has 0 saturated heterocycles. The normalized spacial score (nSPS) is 19.7. The summed E-state index contributed by atoms with van der Waals surface area (Å²) in [4.78, 5) is 2.83. The van der Waals surface area contributed by atoms with Crippen molar-refractivity contribution in [3.8, 4) is 33.4 Å². The van der Waals surface area contributed by atoms with Crippen molar-refractivity contribution in [3.63, 3.8) is 0 Å². The summed E-state index contributed by atoms with van der Waals surface area (Å²) in [6, 6.07) is 53.9. The fourth-order valence-electron chi connectivity index (χ4n) is 10.1. The number of nitrogens with zero attached hydrogens (tertiary/aromatic N) is 1. The highest BCUT2D eigenvalue weighted by Crippen LogP contribution is 2.62. The summed E-state index contributed by atoms with van der Waals surface area (Å²) in [6.45, 7) is 12.3. The second-order valence-corrected chi connectivity index (χ2v) is 17.6. The number of hydrogen-bond acceptors (Lipinski definition) is 2. The average molecular weight is 712 g/mol. The predicted molar refractivity (Wildman–Crippen MR) is 237 cm³/mol. The van der Waals surface area contributed by atoms with E-state index >= 15 is 0 Å². The Morgan fingerprint density at radius 2 is 1.24 bits per heavy atom. The predicted octanol–water partition coefficient (Wildman–Crippen LogP) is 12.6. The number of benzene rings is 7. The van der Waals surface area contributed by atoms with Gasteiger partial charge in [0.25, 0.3) is 0 Å². The molecule has 7 aromatic carbocycles. The minimum Gasteiger partial charge on any atom is -0.355 e. The monoisotopic (exact) mass is 711 g/mol. The van der Waals surface area contributed by atoms with E-state index in [1.165, 1.54) is 97.7 Å². The van der Waals surface area contributed by atoms with Crippen LogP contribution in [0.2, 0.25) is 0 Å². The highest BCUT2D eigenvalue weighted by Gasteiger charge is 2.59. The first-order valence-corrected chi connectivity index (χ1v) is 20.1. The molecule has 3 aliphatic rings. The lowest BCUT2D eigenvalue weighted by Gasteiger charge is -2.51. The Morgan fingerprint density at radius 3 is 1.96 bits per heavy atom. The zero-order valence-electron chi connectivity index (χ0n) is 32.7. The molecule has 55 heavy (non-hydrogen) atoms. The van der Waals surface area contributed by atoms with Gasteiger partial charge in [-0.05, 0) is 105 Å². The zero-order chi connectivity index (χ0) is 37.5. The molecule has 1 radical (unpaired) electrons. The van der Waals surface area contributed by atoms with E-state index < -0.39 is 0 Å². The van der Waals surface area contributed by atoms with Gasteiger partial charge in [-0.1, -0.05) is 161 Å². The Hall–Kier alpha value is -5.54. The molecule has 2 aliphatic heterocycles. The molecule has 269 valence electrons. The summed E-state index contributed by atoms with van der Waals surface area (Å²) in [5, 5.41) is 6.50. The van der Waals surface area contributed by atoms with Crippen LogP contribution in [0.3, 0.4) is 0 Å². The maximum absolute atomic E-state index is 3.90. The maximum Gasteiger partial charge on any atom is 0.197 e. The van der Waals surface area contributed by atoms with Crippen molar-refractivity contribution < 1.29 is 0 Å². The third-order valence-electron chi connectivity index (χ3n) is 13.4. The first-order valence-electron chi connectivity index (χ1n) is 20.1. The van der Waals surface area contributed by atoms with Gasteiger partial charge in [-0.2, -0.15) is 0 Å². The molecule has 2 nitrogen and oxygen atoms in total. The van der Waals surface area contributed by atoms with Crippen LogP contribution in [0.25, 0.3) is 44.2 Å². The SMILES string of the molecule is CC(C)(C)c1cc2c3c(c1)C1(C)CCCCC1(C)N3c1c(c(-c3cc(-c4ccccc4)ccc3Nc3ccc(-c4ccccc4)cc3)cc3ccccc13)[B]2. The standard InChI is InChI=1S/C52H48BN2/c1-50(2,3)39-32-44-49-45(33-39)53-47-43(31-38-20-12-13-21-41(38)48(47)55(49)52(5)29-15-14-28-51(44,52)4)42-30-37(35-18-10-7-11-19-35)24-27-46(42)54-40-25-22-36(23-26-40)34-16-8-6-9-17-34/h6-13,16-27,30-33,54H,14-15,28-29H2,1-5H3. The van der Waals surface area contributed by atoms with Crippen LogP contribution in [0.4, 0.5) is 22.7 Å². The van der Waals surface area contributed by atoms with Gasteiger partial charge in [-0.3, -0.25) is 0 Å². The van der Waals surface area contributed by atoms with Gasteiger partial charge in [-0.15, -0.1) is 0 Å². The molecule has 3 heteroatoms. The molecule has 2 atom stereocenters. The highest BCUT2D eigenvalue weighted by molar-refractivity contribution is 6.74. The molecule has 1 fully saturated rings.